The number of anilines is 2. The third-order valence-corrected chi connectivity index (χ3v) is 2.65. The number of hydrazine groups is 1. The Morgan fingerprint density at radius 1 is 1.18 bits per heavy atom. The number of aryl methyl sites for hydroxylation is 1. The van der Waals surface area contributed by atoms with Gasteiger partial charge >= 0.3 is 0 Å². The molecule has 96 valence electrons. The molecule has 1 aromatic rings. The molecule has 1 aromatic heterocycles. The second-order valence-electron chi connectivity index (χ2n) is 4.70. The minimum atomic E-state index is 0.684. The van der Waals surface area contributed by atoms with Crippen molar-refractivity contribution in [2.24, 2.45) is 11.8 Å². The number of rotatable bonds is 6. The first-order valence-corrected chi connectivity index (χ1v) is 6.10. The molecule has 0 saturated heterocycles. The second-order valence-corrected chi connectivity index (χ2v) is 4.70. The van der Waals surface area contributed by atoms with Gasteiger partial charge in [-0.2, -0.15) is 0 Å². The Balaban J connectivity index is 2.61. The van der Waals surface area contributed by atoms with Crippen molar-refractivity contribution in [3.8, 4) is 0 Å². The summed E-state index contributed by atoms with van der Waals surface area (Å²) in [6.07, 6.45) is 2.36. The summed E-state index contributed by atoms with van der Waals surface area (Å²) in [4.78, 5) is 8.60. The molecule has 5 heteroatoms. The first-order valence-electron chi connectivity index (χ1n) is 6.10. The standard InChI is InChI=1S/C12H23N5/c1-8(2)6-5-7-14-11-9(3)12(17-13)16-10(4)15-11/h8H,5-7,13H2,1-4H3,(H2,14,15,16,17). The summed E-state index contributed by atoms with van der Waals surface area (Å²) in [6.45, 7) is 9.21. The Morgan fingerprint density at radius 3 is 2.41 bits per heavy atom. The molecule has 0 aromatic carbocycles. The maximum atomic E-state index is 5.41. The predicted octanol–water partition coefficient (Wildman–Crippen LogP) is 2.23. The fourth-order valence-electron chi connectivity index (χ4n) is 1.66. The van der Waals surface area contributed by atoms with Gasteiger partial charge in [0.1, 0.15) is 17.5 Å². The molecule has 0 aliphatic rings. The fourth-order valence-corrected chi connectivity index (χ4v) is 1.66. The molecule has 0 amide bonds. The molecule has 0 unspecified atom stereocenters. The lowest BCUT2D eigenvalue weighted by atomic mass is 10.1. The fraction of sp³-hybridized carbons (Fsp3) is 0.667. The molecule has 1 rings (SSSR count). The Bertz CT molecular complexity index is 362. The molecule has 4 N–H and O–H groups in total. The van der Waals surface area contributed by atoms with Crippen molar-refractivity contribution >= 4 is 11.6 Å². The van der Waals surface area contributed by atoms with Crippen LogP contribution in [0.25, 0.3) is 0 Å². The average molecular weight is 237 g/mol. The molecule has 1 heterocycles. The Labute approximate surface area is 103 Å². The van der Waals surface area contributed by atoms with Crippen molar-refractivity contribution in [2.75, 3.05) is 17.3 Å². The van der Waals surface area contributed by atoms with Gasteiger partial charge in [0.2, 0.25) is 0 Å². The zero-order valence-corrected chi connectivity index (χ0v) is 11.2. The van der Waals surface area contributed by atoms with E-state index in [2.05, 4.69) is 34.6 Å². The summed E-state index contributed by atoms with van der Waals surface area (Å²) in [5.74, 6) is 8.43. The van der Waals surface area contributed by atoms with Gasteiger partial charge in [0.05, 0.1) is 0 Å². The highest BCUT2D eigenvalue weighted by Crippen LogP contribution is 2.18. The molecule has 5 nitrogen and oxygen atoms in total. The quantitative estimate of drug-likeness (QED) is 0.402. The topological polar surface area (TPSA) is 75.9 Å². The molecule has 0 aliphatic heterocycles. The molecule has 0 aliphatic carbocycles. The number of hydrogen-bond acceptors (Lipinski definition) is 5. The summed E-state index contributed by atoms with van der Waals surface area (Å²) < 4.78 is 0. The van der Waals surface area contributed by atoms with Crippen molar-refractivity contribution in [2.45, 2.75) is 40.5 Å². The summed E-state index contributed by atoms with van der Waals surface area (Å²) in [6, 6.07) is 0. The molecule has 0 radical (unpaired) electrons. The van der Waals surface area contributed by atoms with Crippen LogP contribution in [0.3, 0.4) is 0 Å². The summed E-state index contributed by atoms with van der Waals surface area (Å²) in [5.41, 5.74) is 3.55. The maximum absolute atomic E-state index is 5.41. The van der Waals surface area contributed by atoms with E-state index in [9.17, 15) is 0 Å². The van der Waals surface area contributed by atoms with Gasteiger partial charge in [-0.25, -0.2) is 15.8 Å². The van der Waals surface area contributed by atoms with E-state index in [0.717, 1.165) is 36.1 Å². The molecule has 0 atom stereocenters. The van der Waals surface area contributed by atoms with Crippen LogP contribution in [-0.2, 0) is 0 Å². The van der Waals surface area contributed by atoms with Gasteiger partial charge in [-0.1, -0.05) is 13.8 Å². The van der Waals surface area contributed by atoms with E-state index in [1.54, 1.807) is 0 Å². The smallest absolute Gasteiger partial charge is 0.148 e. The molecule has 0 spiro atoms. The van der Waals surface area contributed by atoms with Crippen molar-refractivity contribution in [1.82, 2.24) is 9.97 Å². The monoisotopic (exact) mass is 237 g/mol. The van der Waals surface area contributed by atoms with E-state index in [1.165, 1.54) is 6.42 Å². The molecule has 0 saturated carbocycles. The van der Waals surface area contributed by atoms with E-state index in [4.69, 9.17) is 5.84 Å². The highest BCUT2D eigenvalue weighted by Gasteiger charge is 2.07. The first-order chi connectivity index (χ1) is 8.04. The van der Waals surface area contributed by atoms with Gasteiger partial charge in [-0.05, 0) is 32.6 Å². The van der Waals surface area contributed by atoms with Crippen LogP contribution in [-0.4, -0.2) is 16.5 Å². The molecule has 0 bridgehead atoms. The number of aromatic nitrogens is 2. The largest absolute Gasteiger partial charge is 0.370 e. The van der Waals surface area contributed by atoms with E-state index < -0.39 is 0 Å². The zero-order chi connectivity index (χ0) is 12.8. The van der Waals surface area contributed by atoms with Crippen LogP contribution in [0.1, 0.15) is 38.1 Å². The Morgan fingerprint density at radius 2 is 1.82 bits per heavy atom. The van der Waals surface area contributed by atoms with E-state index in [1.807, 2.05) is 13.8 Å². The van der Waals surface area contributed by atoms with Gasteiger partial charge in [0.25, 0.3) is 0 Å². The van der Waals surface area contributed by atoms with Gasteiger partial charge in [0, 0.05) is 12.1 Å². The van der Waals surface area contributed by atoms with Crippen LogP contribution in [0, 0.1) is 19.8 Å². The molecule has 0 fully saturated rings. The number of nitrogen functional groups attached to an aromatic ring is 1. The number of hydrogen-bond donors (Lipinski definition) is 3. The summed E-state index contributed by atoms with van der Waals surface area (Å²) >= 11 is 0. The number of nitrogens with one attached hydrogen (secondary N) is 2. The number of nitrogens with two attached hydrogens (primary N) is 1. The average Bonchev–Trinajstić information content (AvgIpc) is 2.28. The molecular weight excluding hydrogens is 214 g/mol. The van der Waals surface area contributed by atoms with Gasteiger partial charge < -0.3 is 10.7 Å². The van der Waals surface area contributed by atoms with Crippen LogP contribution >= 0.6 is 0 Å². The van der Waals surface area contributed by atoms with Crippen molar-refractivity contribution in [3.63, 3.8) is 0 Å². The van der Waals surface area contributed by atoms with E-state index in [-0.39, 0.29) is 0 Å². The summed E-state index contributed by atoms with van der Waals surface area (Å²) in [7, 11) is 0. The van der Waals surface area contributed by atoms with E-state index in [0.29, 0.717) is 5.82 Å². The summed E-state index contributed by atoms with van der Waals surface area (Å²) in [5, 5.41) is 3.34. The lowest BCUT2D eigenvalue weighted by molar-refractivity contribution is 0.566. The third kappa shape index (κ3) is 4.19. The zero-order valence-electron chi connectivity index (χ0n) is 11.2. The third-order valence-electron chi connectivity index (χ3n) is 2.65. The highest BCUT2D eigenvalue weighted by molar-refractivity contribution is 5.56. The SMILES string of the molecule is Cc1nc(NN)c(C)c(NCCCC(C)C)n1. The van der Waals surface area contributed by atoms with Crippen LogP contribution in [0.2, 0.25) is 0 Å². The Kier molecular flexibility index (Phi) is 5.15. The van der Waals surface area contributed by atoms with E-state index >= 15 is 0 Å². The van der Waals surface area contributed by atoms with Crippen LogP contribution in [0.4, 0.5) is 11.6 Å². The van der Waals surface area contributed by atoms with Gasteiger partial charge in [-0.15, -0.1) is 0 Å². The van der Waals surface area contributed by atoms with Crippen molar-refractivity contribution in [1.29, 1.82) is 0 Å². The second kappa shape index (κ2) is 6.39. The molecule has 17 heavy (non-hydrogen) atoms. The van der Waals surface area contributed by atoms with Gasteiger partial charge in [0.15, 0.2) is 0 Å². The Hall–Kier alpha value is -1.36. The minimum absolute atomic E-state index is 0.684. The van der Waals surface area contributed by atoms with Gasteiger partial charge in [-0.3, -0.25) is 0 Å². The van der Waals surface area contributed by atoms with Crippen LogP contribution in [0.15, 0.2) is 0 Å². The van der Waals surface area contributed by atoms with Crippen LogP contribution < -0.4 is 16.6 Å². The van der Waals surface area contributed by atoms with Crippen molar-refractivity contribution in [3.05, 3.63) is 11.4 Å². The van der Waals surface area contributed by atoms with Crippen LogP contribution in [0.5, 0.6) is 0 Å². The predicted molar refractivity (Wildman–Crippen MR) is 71.9 cm³/mol. The lowest BCUT2D eigenvalue weighted by Gasteiger charge is -2.12. The maximum Gasteiger partial charge on any atom is 0.148 e. The molecular formula is C12H23N5. The first kappa shape index (κ1) is 13.7. The van der Waals surface area contributed by atoms with Crippen molar-refractivity contribution < 1.29 is 0 Å². The highest BCUT2D eigenvalue weighted by atomic mass is 15.3. The minimum Gasteiger partial charge on any atom is -0.370 e. The lowest BCUT2D eigenvalue weighted by Crippen LogP contribution is -2.14. The number of nitrogens with zero attached hydrogens (tertiary/aromatic N) is 2. The normalized spacial score (nSPS) is 10.7.